The molecule has 3 heteroatoms. The number of carbonyl (C=O) groups excluding carboxylic acids is 2. The van der Waals surface area contributed by atoms with Gasteiger partial charge in [0.05, 0.1) is 0 Å². The standard InChI is InChI=1S/C22H32O3/c1-5-6-7-8-12-18-15-20(23)19(22(25)21(18)24)14-13-17(4)11-9-10-16(2)3/h10,13,15,25H,5-9,11-12,14H2,1-4H3/b17-13+. The van der Waals surface area contributed by atoms with Crippen LogP contribution in [0.15, 0.2) is 46.3 Å². The molecule has 0 saturated carbocycles. The van der Waals surface area contributed by atoms with E-state index in [9.17, 15) is 14.7 Å². The highest BCUT2D eigenvalue weighted by molar-refractivity contribution is 6.21. The molecule has 0 aliphatic heterocycles. The third-order valence-corrected chi connectivity index (χ3v) is 4.44. The van der Waals surface area contributed by atoms with Gasteiger partial charge in [0.25, 0.3) is 0 Å². The summed E-state index contributed by atoms with van der Waals surface area (Å²) in [5.41, 5.74) is 3.13. The van der Waals surface area contributed by atoms with Crippen LogP contribution in [0.5, 0.6) is 0 Å². The Labute approximate surface area is 152 Å². The molecule has 0 heterocycles. The van der Waals surface area contributed by atoms with Gasteiger partial charge in [0.1, 0.15) is 0 Å². The van der Waals surface area contributed by atoms with Gasteiger partial charge in [0, 0.05) is 11.1 Å². The van der Waals surface area contributed by atoms with Crippen LogP contribution in [0, 0.1) is 0 Å². The molecule has 1 N–H and O–H groups in total. The van der Waals surface area contributed by atoms with E-state index in [4.69, 9.17) is 0 Å². The number of Topliss-reactive ketones (excluding diaryl/α,β-unsaturated/α-hetero) is 1. The first-order chi connectivity index (χ1) is 11.9. The van der Waals surface area contributed by atoms with E-state index in [1.54, 1.807) is 0 Å². The molecule has 0 radical (unpaired) electrons. The predicted octanol–water partition coefficient (Wildman–Crippen LogP) is 5.93. The number of hydrogen-bond acceptors (Lipinski definition) is 3. The maximum atomic E-state index is 12.3. The van der Waals surface area contributed by atoms with Gasteiger partial charge in [-0.25, -0.2) is 0 Å². The van der Waals surface area contributed by atoms with Crippen molar-refractivity contribution in [1.82, 2.24) is 0 Å². The number of rotatable bonds is 10. The van der Waals surface area contributed by atoms with Crippen LogP contribution in [-0.4, -0.2) is 16.7 Å². The van der Waals surface area contributed by atoms with Gasteiger partial charge in [-0.2, -0.15) is 0 Å². The quantitative estimate of drug-likeness (QED) is 0.303. The summed E-state index contributed by atoms with van der Waals surface area (Å²) < 4.78 is 0. The molecular weight excluding hydrogens is 312 g/mol. The second-order valence-electron chi connectivity index (χ2n) is 7.08. The van der Waals surface area contributed by atoms with Crippen molar-refractivity contribution in [3.8, 4) is 0 Å². The van der Waals surface area contributed by atoms with Crippen molar-refractivity contribution in [2.75, 3.05) is 0 Å². The Kier molecular flexibility index (Phi) is 9.18. The largest absolute Gasteiger partial charge is 0.504 e. The molecule has 138 valence electrons. The summed E-state index contributed by atoms with van der Waals surface area (Å²) in [6.45, 7) is 8.28. The lowest BCUT2D eigenvalue weighted by atomic mass is 9.90. The van der Waals surface area contributed by atoms with Crippen molar-refractivity contribution in [2.24, 2.45) is 0 Å². The second kappa shape index (κ2) is 10.9. The first-order valence-electron chi connectivity index (χ1n) is 9.37. The summed E-state index contributed by atoms with van der Waals surface area (Å²) in [5, 5.41) is 10.2. The molecule has 0 bridgehead atoms. The van der Waals surface area contributed by atoms with Crippen LogP contribution in [-0.2, 0) is 9.59 Å². The SMILES string of the molecule is CCCCCCC1=CC(=O)C(C/C=C(\C)CCC=C(C)C)=C(O)C1=O. The molecule has 0 atom stereocenters. The molecule has 0 saturated heterocycles. The smallest absolute Gasteiger partial charge is 0.223 e. The number of aliphatic hydroxyl groups excluding tert-OH is 1. The zero-order valence-corrected chi connectivity index (χ0v) is 16.2. The molecule has 1 aliphatic carbocycles. The third-order valence-electron chi connectivity index (χ3n) is 4.44. The number of carbonyl (C=O) groups is 2. The van der Waals surface area contributed by atoms with Gasteiger partial charge in [-0.05, 0) is 59.0 Å². The number of hydrogen-bond donors (Lipinski definition) is 1. The normalized spacial score (nSPS) is 15.5. The highest BCUT2D eigenvalue weighted by atomic mass is 16.3. The molecule has 3 nitrogen and oxygen atoms in total. The van der Waals surface area contributed by atoms with Gasteiger partial charge in [0.15, 0.2) is 11.5 Å². The van der Waals surface area contributed by atoms with Crippen molar-refractivity contribution < 1.29 is 14.7 Å². The van der Waals surface area contributed by atoms with Gasteiger partial charge >= 0.3 is 0 Å². The lowest BCUT2D eigenvalue weighted by Crippen LogP contribution is -2.19. The summed E-state index contributed by atoms with van der Waals surface area (Å²) in [6.07, 6.45) is 12.5. The Morgan fingerprint density at radius 1 is 1.08 bits per heavy atom. The van der Waals surface area contributed by atoms with E-state index in [-0.39, 0.29) is 22.9 Å². The molecule has 0 fully saturated rings. The summed E-state index contributed by atoms with van der Waals surface area (Å²) >= 11 is 0. The van der Waals surface area contributed by atoms with E-state index in [1.165, 1.54) is 11.6 Å². The Bertz CT molecular complexity index is 611. The molecule has 1 rings (SSSR count). The van der Waals surface area contributed by atoms with Gasteiger partial charge < -0.3 is 5.11 Å². The van der Waals surface area contributed by atoms with Crippen LogP contribution >= 0.6 is 0 Å². The molecule has 0 amide bonds. The van der Waals surface area contributed by atoms with Crippen molar-refractivity contribution in [1.29, 1.82) is 0 Å². The summed E-state index contributed by atoms with van der Waals surface area (Å²) in [4.78, 5) is 24.6. The first-order valence-corrected chi connectivity index (χ1v) is 9.37. The van der Waals surface area contributed by atoms with Crippen LogP contribution in [0.1, 0.15) is 79.1 Å². The first kappa shape index (κ1) is 21.1. The molecule has 0 unspecified atom stereocenters. The fourth-order valence-corrected chi connectivity index (χ4v) is 2.81. The van der Waals surface area contributed by atoms with Gasteiger partial charge in [-0.3, -0.25) is 9.59 Å². The monoisotopic (exact) mass is 344 g/mol. The molecule has 1 aliphatic rings. The molecular formula is C22H32O3. The second-order valence-corrected chi connectivity index (χ2v) is 7.08. The third kappa shape index (κ3) is 7.25. The molecule has 0 aromatic carbocycles. The fraction of sp³-hybridized carbons (Fsp3) is 0.545. The van der Waals surface area contributed by atoms with Crippen molar-refractivity contribution in [3.63, 3.8) is 0 Å². The predicted molar refractivity (Wildman–Crippen MR) is 104 cm³/mol. The lowest BCUT2D eigenvalue weighted by molar-refractivity contribution is -0.118. The van der Waals surface area contributed by atoms with E-state index in [2.05, 4.69) is 26.8 Å². The van der Waals surface area contributed by atoms with Gasteiger partial charge in [0.2, 0.25) is 5.78 Å². The Morgan fingerprint density at radius 2 is 1.80 bits per heavy atom. The van der Waals surface area contributed by atoms with E-state index in [1.807, 2.05) is 13.0 Å². The molecule has 0 spiro atoms. The molecule has 0 aromatic rings. The highest BCUT2D eigenvalue weighted by Crippen LogP contribution is 2.24. The average Bonchev–Trinajstić information content (AvgIpc) is 2.55. The van der Waals surface area contributed by atoms with Crippen LogP contribution < -0.4 is 0 Å². The fourth-order valence-electron chi connectivity index (χ4n) is 2.81. The number of allylic oxidation sites excluding steroid dienone is 7. The summed E-state index contributed by atoms with van der Waals surface area (Å²) in [6, 6.07) is 0. The van der Waals surface area contributed by atoms with E-state index in [0.29, 0.717) is 18.4 Å². The minimum Gasteiger partial charge on any atom is -0.504 e. The van der Waals surface area contributed by atoms with Crippen LogP contribution in [0.3, 0.4) is 0 Å². The minimum atomic E-state index is -0.373. The van der Waals surface area contributed by atoms with E-state index in [0.717, 1.165) is 44.1 Å². The van der Waals surface area contributed by atoms with Gasteiger partial charge in [-0.1, -0.05) is 49.5 Å². The average molecular weight is 344 g/mol. The lowest BCUT2D eigenvalue weighted by Gasteiger charge is -2.14. The Morgan fingerprint density at radius 3 is 2.44 bits per heavy atom. The maximum absolute atomic E-state index is 12.3. The zero-order chi connectivity index (χ0) is 18.8. The van der Waals surface area contributed by atoms with E-state index >= 15 is 0 Å². The number of aliphatic hydroxyl groups is 1. The summed E-state index contributed by atoms with van der Waals surface area (Å²) in [7, 11) is 0. The van der Waals surface area contributed by atoms with Crippen LogP contribution in [0.4, 0.5) is 0 Å². The zero-order valence-electron chi connectivity index (χ0n) is 16.2. The van der Waals surface area contributed by atoms with Crippen molar-refractivity contribution in [2.45, 2.75) is 79.1 Å². The van der Waals surface area contributed by atoms with Crippen molar-refractivity contribution in [3.05, 3.63) is 46.3 Å². The number of ketones is 2. The van der Waals surface area contributed by atoms with Crippen LogP contribution in [0.2, 0.25) is 0 Å². The summed E-state index contributed by atoms with van der Waals surface area (Å²) in [5.74, 6) is -0.955. The molecule has 0 aromatic heterocycles. The van der Waals surface area contributed by atoms with Crippen LogP contribution in [0.25, 0.3) is 0 Å². The highest BCUT2D eigenvalue weighted by Gasteiger charge is 2.27. The maximum Gasteiger partial charge on any atom is 0.223 e. The van der Waals surface area contributed by atoms with Crippen molar-refractivity contribution >= 4 is 11.6 Å². The minimum absolute atomic E-state index is 0.226. The Hall–Kier alpha value is -1.90. The number of unbranched alkanes of at least 4 members (excludes halogenated alkanes) is 3. The van der Waals surface area contributed by atoms with E-state index < -0.39 is 0 Å². The topological polar surface area (TPSA) is 54.4 Å². The van der Waals surface area contributed by atoms with Gasteiger partial charge in [-0.15, -0.1) is 0 Å². The molecule has 25 heavy (non-hydrogen) atoms. The Balaban J connectivity index is 2.66.